The molecule has 6 nitrogen and oxygen atoms in total. The zero-order valence-electron chi connectivity index (χ0n) is 7.77. The van der Waals surface area contributed by atoms with E-state index in [0.29, 0.717) is 4.66 Å². The number of amides is 1. The summed E-state index contributed by atoms with van der Waals surface area (Å²) in [6.45, 7) is 0. The number of rotatable bonds is 2. The summed E-state index contributed by atoms with van der Waals surface area (Å²) in [4.78, 5) is 34.9. The first-order valence-electron chi connectivity index (χ1n) is 3.83. The van der Waals surface area contributed by atoms with Crippen molar-refractivity contribution in [1.29, 1.82) is 0 Å². The molecule has 1 rings (SSSR count). The number of carbonyl (C=O) groups excluding carboxylic acids is 2. The third-order valence-corrected chi connectivity index (χ3v) is 2.37. The van der Waals surface area contributed by atoms with E-state index in [9.17, 15) is 14.4 Å². The first kappa shape index (κ1) is 11.2. The van der Waals surface area contributed by atoms with Gasteiger partial charge >= 0.3 is 5.97 Å². The van der Waals surface area contributed by atoms with Crippen molar-refractivity contribution in [2.45, 2.75) is 0 Å². The number of H-pyrrole nitrogens is 1. The number of aromatic amines is 1. The van der Waals surface area contributed by atoms with Gasteiger partial charge in [0, 0.05) is 12.2 Å². The lowest BCUT2D eigenvalue weighted by atomic mass is 10.5. The molecule has 0 fully saturated rings. The van der Waals surface area contributed by atoms with Crippen molar-refractivity contribution in [3.8, 4) is 0 Å². The number of nitrogens with two attached hydrogens (primary N) is 1. The van der Waals surface area contributed by atoms with E-state index < -0.39 is 17.4 Å². The van der Waals surface area contributed by atoms with Gasteiger partial charge in [-0.15, -0.1) is 11.3 Å². The molecule has 0 aliphatic rings. The molecule has 80 valence electrons. The number of carbonyl (C=O) groups is 2. The average Bonchev–Trinajstić information content (AvgIpc) is 2.45. The van der Waals surface area contributed by atoms with E-state index in [1.807, 2.05) is 0 Å². The van der Waals surface area contributed by atoms with Crippen LogP contribution in [0.4, 0.5) is 0 Å². The molecule has 1 aromatic rings. The van der Waals surface area contributed by atoms with Gasteiger partial charge in [-0.1, -0.05) is 0 Å². The molecule has 0 aliphatic heterocycles. The van der Waals surface area contributed by atoms with Crippen LogP contribution in [0.15, 0.2) is 4.79 Å². The van der Waals surface area contributed by atoms with Crippen LogP contribution in [-0.4, -0.2) is 24.0 Å². The molecule has 1 heterocycles. The molecule has 0 aromatic carbocycles. The highest BCUT2D eigenvalue weighted by molar-refractivity contribution is 7.07. The Morgan fingerprint density at radius 2 is 2.13 bits per heavy atom. The second kappa shape index (κ2) is 4.56. The lowest BCUT2D eigenvalue weighted by Crippen LogP contribution is -2.21. The van der Waals surface area contributed by atoms with Gasteiger partial charge in [-0.25, -0.2) is 4.79 Å². The zero-order chi connectivity index (χ0) is 11.4. The Morgan fingerprint density at radius 1 is 1.47 bits per heavy atom. The molecule has 7 heteroatoms. The summed E-state index contributed by atoms with van der Waals surface area (Å²) in [5.74, 6) is -1.30. The van der Waals surface area contributed by atoms with E-state index in [4.69, 9.17) is 5.73 Å². The van der Waals surface area contributed by atoms with Crippen LogP contribution in [0.5, 0.6) is 0 Å². The topological polar surface area (TPSA) is 102 Å². The Bertz CT molecular complexity index is 554. The second-order valence-corrected chi connectivity index (χ2v) is 3.58. The van der Waals surface area contributed by atoms with Crippen LogP contribution in [0, 0.1) is 0 Å². The minimum absolute atomic E-state index is 0.161. The minimum atomic E-state index is -0.669. The Balaban J connectivity index is 3.30. The highest BCUT2D eigenvalue weighted by atomic mass is 32.1. The standard InChI is InChI=1S/C8H8N2O4S/c1-14-7(12)2-4-8(13)10-6(15-4)3-5(9)11/h2-3H,1H3,(H2,9,11)(H,10,13). The van der Waals surface area contributed by atoms with Crippen molar-refractivity contribution in [3.63, 3.8) is 0 Å². The molecule has 0 radical (unpaired) electrons. The average molecular weight is 228 g/mol. The van der Waals surface area contributed by atoms with Gasteiger partial charge in [0.2, 0.25) is 5.91 Å². The van der Waals surface area contributed by atoms with Crippen LogP contribution in [0.3, 0.4) is 0 Å². The Morgan fingerprint density at radius 3 is 2.67 bits per heavy atom. The lowest BCUT2D eigenvalue weighted by molar-refractivity contribution is -0.133. The molecule has 0 saturated heterocycles. The molecule has 0 spiro atoms. The molecule has 1 amide bonds. The van der Waals surface area contributed by atoms with Gasteiger partial charge in [-0.3, -0.25) is 9.59 Å². The quantitative estimate of drug-likeness (QED) is 0.553. The number of hydrogen-bond acceptors (Lipinski definition) is 5. The highest BCUT2D eigenvalue weighted by Gasteiger charge is 1.98. The van der Waals surface area contributed by atoms with Gasteiger partial charge in [0.15, 0.2) is 0 Å². The van der Waals surface area contributed by atoms with Gasteiger partial charge in [-0.2, -0.15) is 0 Å². The molecule has 0 aliphatic carbocycles. The summed E-state index contributed by atoms with van der Waals surface area (Å²) in [5, 5.41) is 0. The van der Waals surface area contributed by atoms with E-state index in [0.717, 1.165) is 23.5 Å². The largest absolute Gasteiger partial charge is 0.466 e. The van der Waals surface area contributed by atoms with Crippen molar-refractivity contribution in [1.82, 2.24) is 4.98 Å². The van der Waals surface area contributed by atoms with Crippen LogP contribution in [0.2, 0.25) is 0 Å². The first-order chi connectivity index (χ1) is 7.02. The number of aromatic nitrogens is 1. The van der Waals surface area contributed by atoms with Crippen molar-refractivity contribution in [2.75, 3.05) is 7.11 Å². The van der Waals surface area contributed by atoms with Crippen LogP contribution >= 0.6 is 11.3 Å². The van der Waals surface area contributed by atoms with Crippen molar-refractivity contribution in [3.05, 3.63) is 19.5 Å². The van der Waals surface area contributed by atoms with Gasteiger partial charge in [0.05, 0.1) is 7.11 Å². The molecule has 1 aromatic heterocycles. The maximum atomic E-state index is 11.2. The van der Waals surface area contributed by atoms with E-state index in [1.54, 1.807) is 0 Å². The first-order valence-corrected chi connectivity index (χ1v) is 4.64. The third kappa shape index (κ3) is 3.06. The molecule has 0 atom stereocenters. The number of ether oxygens (including phenoxy) is 1. The normalized spacial score (nSPS) is 12.9. The summed E-state index contributed by atoms with van der Waals surface area (Å²) in [5.41, 5.74) is 4.44. The molecule has 0 bridgehead atoms. The predicted molar refractivity (Wildman–Crippen MR) is 54.3 cm³/mol. The third-order valence-electron chi connectivity index (χ3n) is 1.40. The fourth-order valence-electron chi connectivity index (χ4n) is 0.820. The van der Waals surface area contributed by atoms with Crippen LogP contribution < -0.4 is 20.5 Å². The maximum absolute atomic E-state index is 11.2. The summed E-state index contributed by atoms with van der Waals surface area (Å²) in [6.07, 6.45) is 2.11. The van der Waals surface area contributed by atoms with E-state index in [1.165, 1.54) is 7.11 Å². The van der Waals surface area contributed by atoms with Crippen molar-refractivity contribution in [2.24, 2.45) is 5.73 Å². The number of nitrogens with one attached hydrogen (secondary N) is 1. The van der Waals surface area contributed by atoms with Crippen molar-refractivity contribution < 1.29 is 14.3 Å². The summed E-state index contributed by atoms with van der Waals surface area (Å²) in [7, 11) is 1.21. The number of hydrogen-bond donors (Lipinski definition) is 2. The van der Waals surface area contributed by atoms with Crippen molar-refractivity contribution >= 4 is 35.4 Å². The number of esters is 1. The van der Waals surface area contributed by atoms with Gasteiger partial charge in [0.25, 0.3) is 5.56 Å². The van der Waals surface area contributed by atoms with E-state index in [-0.39, 0.29) is 4.53 Å². The zero-order valence-corrected chi connectivity index (χ0v) is 8.59. The number of thiazole rings is 1. The number of primary amides is 1. The summed E-state index contributed by atoms with van der Waals surface area (Å²) < 4.78 is 4.81. The predicted octanol–water partition coefficient (Wildman–Crippen LogP) is -2.34. The fourth-order valence-corrected chi connectivity index (χ4v) is 1.67. The van der Waals surface area contributed by atoms with E-state index >= 15 is 0 Å². The Kier molecular flexibility index (Phi) is 3.40. The molecule has 0 saturated carbocycles. The Hall–Kier alpha value is -1.89. The van der Waals surface area contributed by atoms with Crippen LogP contribution in [0.1, 0.15) is 0 Å². The monoisotopic (exact) mass is 228 g/mol. The Labute approximate surface area is 87.7 Å². The van der Waals surface area contributed by atoms with Gasteiger partial charge in [0.1, 0.15) is 9.20 Å². The van der Waals surface area contributed by atoms with Gasteiger partial charge < -0.3 is 15.5 Å². The molecular formula is C8H8N2O4S. The molecule has 3 N–H and O–H groups in total. The van der Waals surface area contributed by atoms with E-state index in [2.05, 4.69) is 9.72 Å². The second-order valence-electron chi connectivity index (χ2n) is 2.50. The fraction of sp³-hybridized carbons (Fsp3) is 0.125. The SMILES string of the molecule is COC(=O)C=c1sc(=CC(N)=O)[nH]c1=O. The minimum Gasteiger partial charge on any atom is -0.466 e. The number of methoxy groups -OCH3 is 1. The molecule has 15 heavy (non-hydrogen) atoms. The maximum Gasteiger partial charge on any atom is 0.332 e. The molecule has 0 unspecified atom stereocenters. The summed E-state index contributed by atoms with van der Waals surface area (Å²) >= 11 is 0.951. The summed E-state index contributed by atoms with van der Waals surface area (Å²) in [6, 6.07) is 0. The lowest BCUT2D eigenvalue weighted by Gasteiger charge is -1.85. The molecular weight excluding hydrogens is 220 g/mol. The van der Waals surface area contributed by atoms with Crippen LogP contribution in [0.25, 0.3) is 12.2 Å². The highest BCUT2D eigenvalue weighted by Crippen LogP contribution is 1.75. The smallest absolute Gasteiger partial charge is 0.332 e. The van der Waals surface area contributed by atoms with Gasteiger partial charge in [-0.05, 0) is 0 Å². The van der Waals surface area contributed by atoms with Crippen LogP contribution in [-0.2, 0) is 14.3 Å².